The van der Waals surface area contributed by atoms with E-state index in [0.29, 0.717) is 17.2 Å². The van der Waals surface area contributed by atoms with Crippen LogP contribution in [0.3, 0.4) is 0 Å². The largest absolute Gasteiger partial charge is 0.465 e. The van der Waals surface area contributed by atoms with Crippen molar-refractivity contribution in [3.05, 3.63) is 64.0 Å². The van der Waals surface area contributed by atoms with Gasteiger partial charge in [-0.1, -0.05) is 41.7 Å². The van der Waals surface area contributed by atoms with Crippen molar-refractivity contribution in [1.29, 1.82) is 0 Å². The molecular formula is C22H24N2O3S2. The number of benzene rings is 2. The Balaban J connectivity index is 1.85. The molecule has 3 aromatic rings. The average Bonchev–Trinajstić information content (AvgIpc) is 2.99. The number of hydrogen-bond donors (Lipinski definition) is 0. The van der Waals surface area contributed by atoms with Gasteiger partial charge in [-0.3, -0.25) is 9.59 Å². The van der Waals surface area contributed by atoms with Gasteiger partial charge in [-0.15, -0.1) is 11.8 Å². The fourth-order valence-electron chi connectivity index (χ4n) is 2.86. The average molecular weight is 429 g/mol. The van der Waals surface area contributed by atoms with Crippen molar-refractivity contribution in [1.82, 2.24) is 4.57 Å². The molecular weight excluding hydrogens is 404 g/mol. The number of esters is 1. The van der Waals surface area contributed by atoms with Crippen LogP contribution in [0.2, 0.25) is 0 Å². The molecule has 5 nitrogen and oxygen atoms in total. The molecule has 0 radical (unpaired) electrons. The highest BCUT2D eigenvalue weighted by atomic mass is 32.2. The lowest BCUT2D eigenvalue weighted by molar-refractivity contribution is -0.143. The third kappa shape index (κ3) is 5.58. The number of aryl methyl sites for hydroxylation is 2. The maximum Gasteiger partial charge on any atom is 0.326 e. The molecule has 0 bridgehead atoms. The standard InChI is InChI=1S/C22H24N2O3S2/c1-4-27-21(26)12-24-18-10-15(2)16(3)11-19(18)29-22(24)23-20(25)14-28-13-17-8-6-5-7-9-17/h5-11H,4,12-14H2,1-3H3. The van der Waals surface area contributed by atoms with Crippen LogP contribution in [0.1, 0.15) is 23.6 Å². The highest BCUT2D eigenvalue weighted by molar-refractivity contribution is 7.99. The van der Waals surface area contributed by atoms with E-state index >= 15 is 0 Å². The summed E-state index contributed by atoms with van der Waals surface area (Å²) in [6.07, 6.45) is 0. The first-order valence-electron chi connectivity index (χ1n) is 9.43. The van der Waals surface area contributed by atoms with E-state index in [4.69, 9.17) is 4.74 Å². The van der Waals surface area contributed by atoms with Gasteiger partial charge in [0.1, 0.15) is 6.54 Å². The third-order valence-electron chi connectivity index (χ3n) is 4.45. The predicted molar refractivity (Wildman–Crippen MR) is 119 cm³/mol. The fourth-order valence-corrected chi connectivity index (χ4v) is 4.76. The van der Waals surface area contributed by atoms with Gasteiger partial charge in [0.25, 0.3) is 5.91 Å². The van der Waals surface area contributed by atoms with Crippen LogP contribution in [0, 0.1) is 13.8 Å². The Morgan fingerprint density at radius 1 is 1.14 bits per heavy atom. The lowest BCUT2D eigenvalue weighted by atomic mass is 10.1. The van der Waals surface area contributed by atoms with Crippen molar-refractivity contribution < 1.29 is 14.3 Å². The molecule has 0 aliphatic heterocycles. The summed E-state index contributed by atoms with van der Waals surface area (Å²) in [4.78, 5) is 29.4. The molecule has 152 valence electrons. The summed E-state index contributed by atoms with van der Waals surface area (Å²) in [7, 11) is 0. The van der Waals surface area contributed by atoms with Gasteiger partial charge in [0.15, 0.2) is 4.80 Å². The third-order valence-corrected chi connectivity index (χ3v) is 6.48. The minimum Gasteiger partial charge on any atom is -0.465 e. The van der Waals surface area contributed by atoms with Gasteiger partial charge in [0.2, 0.25) is 0 Å². The van der Waals surface area contributed by atoms with Gasteiger partial charge >= 0.3 is 5.97 Å². The van der Waals surface area contributed by atoms with Crippen molar-refractivity contribution in [3.8, 4) is 0 Å². The van der Waals surface area contributed by atoms with Crippen LogP contribution >= 0.6 is 23.1 Å². The molecule has 0 atom stereocenters. The maximum atomic E-state index is 12.5. The number of nitrogens with zero attached hydrogens (tertiary/aromatic N) is 2. The number of carbonyl (C=O) groups excluding carboxylic acids is 2. The summed E-state index contributed by atoms with van der Waals surface area (Å²) in [5.41, 5.74) is 4.37. The van der Waals surface area contributed by atoms with Crippen LogP contribution in [0.5, 0.6) is 0 Å². The molecule has 0 aliphatic rings. The van der Waals surface area contributed by atoms with Gasteiger partial charge in [0.05, 0.1) is 22.6 Å². The number of thioether (sulfide) groups is 1. The van der Waals surface area contributed by atoms with E-state index in [2.05, 4.69) is 11.1 Å². The zero-order valence-electron chi connectivity index (χ0n) is 16.8. The highest BCUT2D eigenvalue weighted by Gasteiger charge is 2.13. The molecule has 0 spiro atoms. The van der Waals surface area contributed by atoms with Crippen molar-refractivity contribution in [3.63, 3.8) is 0 Å². The molecule has 1 aromatic heterocycles. The predicted octanol–water partition coefficient (Wildman–Crippen LogP) is 4.24. The van der Waals surface area contributed by atoms with E-state index < -0.39 is 0 Å². The summed E-state index contributed by atoms with van der Waals surface area (Å²) in [5.74, 6) is 0.511. The van der Waals surface area contributed by atoms with E-state index in [1.165, 1.54) is 34.2 Å². The molecule has 0 N–H and O–H groups in total. The van der Waals surface area contributed by atoms with E-state index in [1.54, 1.807) is 11.5 Å². The van der Waals surface area contributed by atoms with Crippen molar-refractivity contribution in [2.75, 3.05) is 12.4 Å². The van der Waals surface area contributed by atoms with Gasteiger partial charge in [-0.25, -0.2) is 0 Å². The molecule has 1 amide bonds. The van der Waals surface area contributed by atoms with Crippen molar-refractivity contribution in [2.24, 2.45) is 4.99 Å². The second kappa shape index (κ2) is 9.89. The van der Waals surface area contributed by atoms with Crippen LogP contribution in [0.15, 0.2) is 47.5 Å². The number of hydrogen-bond acceptors (Lipinski definition) is 5. The quantitative estimate of drug-likeness (QED) is 0.528. The minimum absolute atomic E-state index is 0.0413. The second-order valence-corrected chi connectivity index (χ2v) is 8.66. The zero-order valence-corrected chi connectivity index (χ0v) is 18.4. The summed E-state index contributed by atoms with van der Waals surface area (Å²) >= 11 is 2.96. The topological polar surface area (TPSA) is 60.7 Å². The Hall–Kier alpha value is -2.38. The van der Waals surface area contributed by atoms with Crippen LogP contribution in [0.25, 0.3) is 10.2 Å². The van der Waals surface area contributed by atoms with E-state index in [-0.39, 0.29) is 18.4 Å². The van der Waals surface area contributed by atoms with Gasteiger partial charge < -0.3 is 9.30 Å². The second-order valence-electron chi connectivity index (χ2n) is 6.66. The van der Waals surface area contributed by atoms with Gasteiger partial charge in [0, 0.05) is 5.75 Å². The van der Waals surface area contributed by atoms with E-state index in [9.17, 15) is 9.59 Å². The smallest absolute Gasteiger partial charge is 0.326 e. The Bertz CT molecular complexity index is 1080. The molecule has 29 heavy (non-hydrogen) atoms. The minimum atomic E-state index is -0.335. The molecule has 3 rings (SSSR count). The highest BCUT2D eigenvalue weighted by Crippen LogP contribution is 2.22. The monoisotopic (exact) mass is 428 g/mol. The number of amides is 1. The number of aromatic nitrogens is 1. The zero-order chi connectivity index (χ0) is 20.8. The van der Waals surface area contributed by atoms with E-state index in [0.717, 1.165) is 21.5 Å². The summed E-state index contributed by atoms with van der Waals surface area (Å²) in [5, 5.41) is 0. The fraction of sp³-hybridized carbons (Fsp3) is 0.318. The Kier molecular flexibility index (Phi) is 7.28. The number of rotatable bonds is 7. The Morgan fingerprint density at radius 2 is 1.86 bits per heavy atom. The van der Waals surface area contributed by atoms with Crippen molar-refractivity contribution in [2.45, 2.75) is 33.1 Å². The molecule has 0 fully saturated rings. The van der Waals surface area contributed by atoms with Crippen LogP contribution in [-0.4, -0.2) is 28.8 Å². The lowest BCUT2D eigenvalue weighted by Gasteiger charge is -2.06. The summed E-state index contributed by atoms with van der Waals surface area (Å²) < 4.78 is 7.89. The summed E-state index contributed by atoms with van der Waals surface area (Å²) in [6, 6.07) is 14.1. The normalized spacial score (nSPS) is 11.8. The first-order chi connectivity index (χ1) is 14.0. The van der Waals surface area contributed by atoms with Crippen LogP contribution < -0.4 is 4.80 Å². The van der Waals surface area contributed by atoms with Crippen molar-refractivity contribution >= 4 is 45.2 Å². The first-order valence-corrected chi connectivity index (χ1v) is 11.4. The lowest BCUT2D eigenvalue weighted by Crippen LogP contribution is -2.23. The number of ether oxygens (including phenoxy) is 1. The molecule has 0 aliphatic carbocycles. The SMILES string of the molecule is CCOC(=O)Cn1c(=NC(=O)CSCc2ccccc2)sc2cc(C)c(C)cc21. The molecule has 0 unspecified atom stereocenters. The van der Waals surface area contributed by atoms with Gasteiger partial charge in [-0.2, -0.15) is 4.99 Å². The molecule has 2 aromatic carbocycles. The molecule has 0 saturated heterocycles. The number of fused-ring (bicyclic) bond motifs is 1. The van der Waals surface area contributed by atoms with Gasteiger partial charge in [-0.05, 0) is 49.6 Å². The first kappa shape index (κ1) is 21.3. The Labute approximate surface area is 178 Å². The number of carbonyl (C=O) groups is 2. The summed E-state index contributed by atoms with van der Waals surface area (Å²) in [6.45, 7) is 6.22. The molecule has 1 heterocycles. The maximum absolute atomic E-state index is 12.5. The van der Waals surface area contributed by atoms with Crippen LogP contribution in [-0.2, 0) is 26.6 Å². The van der Waals surface area contributed by atoms with Crippen LogP contribution in [0.4, 0.5) is 0 Å². The number of thiazole rings is 1. The Morgan fingerprint density at radius 3 is 2.59 bits per heavy atom. The molecule has 0 saturated carbocycles. The van der Waals surface area contributed by atoms with E-state index in [1.807, 2.05) is 50.2 Å². The molecule has 7 heteroatoms.